The molecule has 1 fully saturated rings. The number of benzene rings is 1. The van der Waals surface area contributed by atoms with Crippen LogP contribution in [0.25, 0.3) is 0 Å². The zero-order valence-electron chi connectivity index (χ0n) is 12.0. The molecule has 0 aromatic heterocycles. The molecule has 0 saturated carbocycles. The van der Waals surface area contributed by atoms with Gasteiger partial charge in [-0.1, -0.05) is 11.6 Å². The van der Waals surface area contributed by atoms with Crippen LogP contribution in [0.5, 0.6) is 0 Å². The minimum atomic E-state index is -0.128. The summed E-state index contributed by atoms with van der Waals surface area (Å²) < 4.78 is 5.10. The Bertz CT molecular complexity index is 507. The summed E-state index contributed by atoms with van der Waals surface area (Å²) in [7, 11) is 0. The highest BCUT2D eigenvalue weighted by atomic mass is 35.5. The number of rotatable bonds is 3. The number of thiocarbonyl (C=S) groups is 1. The van der Waals surface area contributed by atoms with Gasteiger partial charge in [-0.25, -0.2) is 0 Å². The topological polar surface area (TPSA) is 41.6 Å². The highest BCUT2D eigenvalue weighted by molar-refractivity contribution is 7.80. The van der Waals surface area contributed by atoms with Crippen LogP contribution in [-0.2, 0) is 9.53 Å². The van der Waals surface area contributed by atoms with Gasteiger partial charge in [0.2, 0.25) is 0 Å². The fraction of sp³-hybridized carbons (Fsp3) is 0.467. The van der Waals surface area contributed by atoms with Crippen molar-refractivity contribution in [2.45, 2.75) is 19.8 Å². The summed E-state index contributed by atoms with van der Waals surface area (Å²) in [6.45, 7) is 3.71. The molecular formula is C15H19ClN2O2S. The van der Waals surface area contributed by atoms with Gasteiger partial charge in [0.05, 0.1) is 12.5 Å². The largest absolute Gasteiger partial charge is 0.466 e. The number of piperidine rings is 1. The Morgan fingerprint density at radius 3 is 2.86 bits per heavy atom. The number of esters is 1. The van der Waals surface area contributed by atoms with Crippen LogP contribution < -0.4 is 5.32 Å². The highest BCUT2D eigenvalue weighted by Crippen LogP contribution is 2.20. The second-order valence-corrected chi connectivity index (χ2v) is 5.80. The molecule has 1 aliphatic rings. The van der Waals surface area contributed by atoms with Gasteiger partial charge in [0.15, 0.2) is 5.11 Å². The summed E-state index contributed by atoms with van der Waals surface area (Å²) in [6.07, 6.45) is 1.80. The number of anilines is 1. The molecule has 21 heavy (non-hydrogen) atoms. The normalized spacial score (nSPS) is 18.2. The van der Waals surface area contributed by atoms with Crippen LogP contribution in [0.4, 0.5) is 5.69 Å². The van der Waals surface area contributed by atoms with Crippen molar-refractivity contribution >= 4 is 40.6 Å². The summed E-state index contributed by atoms with van der Waals surface area (Å²) in [4.78, 5) is 13.9. The zero-order chi connectivity index (χ0) is 15.2. The third kappa shape index (κ3) is 4.58. The Morgan fingerprint density at radius 1 is 1.48 bits per heavy atom. The van der Waals surface area contributed by atoms with Gasteiger partial charge in [0, 0.05) is 23.8 Å². The van der Waals surface area contributed by atoms with Crippen molar-refractivity contribution in [3.63, 3.8) is 0 Å². The molecule has 0 radical (unpaired) electrons. The number of hydrogen-bond acceptors (Lipinski definition) is 3. The van der Waals surface area contributed by atoms with E-state index in [2.05, 4.69) is 5.32 Å². The Morgan fingerprint density at radius 2 is 2.19 bits per heavy atom. The van der Waals surface area contributed by atoms with Gasteiger partial charge < -0.3 is 15.0 Å². The van der Waals surface area contributed by atoms with Gasteiger partial charge in [-0.3, -0.25) is 4.79 Å². The molecule has 1 heterocycles. The van der Waals surface area contributed by atoms with Crippen LogP contribution in [0.1, 0.15) is 19.8 Å². The van der Waals surface area contributed by atoms with E-state index < -0.39 is 0 Å². The molecule has 1 aromatic rings. The smallest absolute Gasteiger partial charge is 0.310 e. The van der Waals surface area contributed by atoms with Crippen molar-refractivity contribution in [3.8, 4) is 0 Å². The lowest BCUT2D eigenvalue weighted by atomic mass is 9.98. The van der Waals surface area contributed by atoms with Crippen LogP contribution in [-0.4, -0.2) is 35.7 Å². The first-order valence-corrected chi connectivity index (χ1v) is 7.87. The lowest BCUT2D eigenvalue weighted by Gasteiger charge is -2.33. The van der Waals surface area contributed by atoms with E-state index in [1.165, 1.54) is 0 Å². The predicted molar refractivity (Wildman–Crippen MR) is 88.6 cm³/mol. The summed E-state index contributed by atoms with van der Waals surface area (Å²) in [6, 6.07) is 7.37. The maximum Gasteiger partial charge on any atom is 0.310 e. The van der Waals surface area contributed by atoms with Crippen LogP contribution >= 0.6 is 23.8 Å². The summed E-state index contributed by atoms with van der Waals surface area (Å²) in [5.74, 6) is -0.222. The van der Waals surface area contributed by atoms with Gasteiger partial charge in [-0.15, -0.1) is 0 Å². The van der Waals surface area contributed by atoms with Gasteiger partial charge in [0.25, 0.3) is 0 Å². The second kappa shape index (κ2) is 7.61. The lowest BCUT2D eigenvalue weighted by molar-refractivity contribution is -0.149. The molecule has 0 unspecified atom stereocenters. The Hall–Kier alpha value is -1.33. The summed E-state index contributed by atoms with van der Waals surface area (Å²) >= 11 is 11.3. The van der Waals surface area contributed by atoms with E-state index in [1.54, 1.807) is 0 Å². The van der Waals surface area contributed by atoms with E-state index in [4.69, 9.17) is 28.6 Å². The molecule has 1 atom stereocenters. The quantitative estimate of drug-likeness (QED) is 0.681. The molecule has 114 valence electrons. The van der Waals surface area contributed by atoms with Crippen molar-refractivity contribution < 1.29 is 9.53 Å². The average molecular weight is 327 g/mol. The van der Waals surface area contributed by atoms with Crippen molar-refractivity contribution in [1.29, 1.82) is 0 Å². The maximum atomic E-state index is 11.8. The Labute approximate surface area is 135 Å². The average Bonchev–Trinajstić information content (AvgIpc) is 2.50. The number of hydrogen-bond donors (Lipinski definition) is 1. The number of likely N-dealkylation sites (tertiary alicyclic amines) is 1. The molecule has 1 aliphatic heterocycles. The first kappa shape index (κ1) is 16.0. The molecule has 0 aliphatic carbocycles. The van der Waals surface area contributed by atoms with Crippen LogP contribution in [0, 0.1) is 5.92 Å². The molecule has 1 N–H and O–H groups in total. The summed E-state index contributed by atoms with van der Waals surface area (Å²) in [5.41, 5.74) is 0.891. The zero-order valence-corrected chi connectivity index (χ0v) is 13.5. The van der Waals surface area contributed by atoms with Crippen LogP contribution in [0.15, 0.2) is 24.3 Å². The monoisotopic (exact) mass is 326 g/mol. The van der Waals surface area contributed by atoms with E-state index in [0.29, 0.717) is 23.3 Å². The first-order valence-electron chi connectivity index (χ1n) is 7.08. The van der Waals surface area contributed by atoms with Crippen molar-refractivity contribution in [2.75, 3.05) is 25.0 Å². The molecule has 6 heteroatoms. The SMILES string of the molecule is CCOC(=O)[C@H]1CCCN(C(=S)Nc2ccc(Cl)cc2)C1. The molecule has 1 aromatic carbocycles. The highest BCUT2D eigenvalue weighted by Gasteiger charge is 2.27. The molecule has 1 saturated heterocycles. The molecule has 4 nitrogen and oxygen atoms in total. The van der Waals surface area contributed by atoms with E-state index in [9.17, 15) is 4.79 Å². The number of carbonyl (C=O) groups is 1. The molecule has 2 rings (SSSR count). The molecule has 0 amide bonds. The second-order valence-electron chi connectivity index (χ2n) is 4.97. The fourth-order valence-corrected chi connectivity index (χ4v) is 2.76. The lowest BCUT2D eigenvalue weighted by Crippen LogP contribution is -2.44. The Kier molecular flexibility index (Phi) is 5.82. The van der Waals surface area contributed by atoms with E-state index in [-0.39, 0.29) is 11.9 Å². The molecule has 0 spiro atoms. The van der Waals surface area contributed by atoms with Crippen molar-refractivity contribution in [1.82, 2.24) is 4.90 Å². The van der Waals surface area contributed by atoms with E-state index in [1.807, 2.05) is 36.1 Å². The number of ether oxygens (including phenoxy) is 1. The van der Waals surface area contributed by atoms with Crippen LogP contribution in [0.3, 0.4) is 0 Å². The van der Waals surface area contributed by atoms with Gasteiger partial charge >= 0.3 is 5.97 Å². The number of nitrogens with zero attached hydrogens (tertiary/aromatic N) is 1. The van der Waals surface area contributed by atoms with E-state index in [0.717, 1.165) is 25.1 Å². The van der Waals surface area contributed by atoms with Crippen molar-refractivity contribution in [3.05, 3.63) is 29.3 Å². The number of carbonyl (C=O) groups excluding carboxylic acids is 1. The first-order chi connectivity index (χ1) is 10.1. The third-order valence-corrected chi connectivity index (χ3v) is 4.04. The molecule has 0 bridgehead atoms. The third-order valence-electron chi connectivity index (χ3n) is 3.42. The number of halogens is 1. The maximum absolute atomic E-state index is 11.8. The van der Waals surface area contributed by atoms with E-state index >= 15 is 0 Å². The standard InChI is InChI=1S/C15H19ClN2O2S/c1-2-20-14(19)11-4-3-9-18(10-11)15(21)17-13-7-5-12(16)6-8-13/h5-8,11H,2-4,9-10H2,1H3,(H,17,21)/t11-/m0/s1. The van der Waals surface area contributed by atoms with Gasteiger partial charge in [-0.2, -0.15) is 0 Å². The van der Waals surface area contributed by atoms with Crippen molar-refractivity contribution in [2.24, 2.45) is 5.92 Å². The van der Waals surface area contributed by atoms with Crippen LogP contribution in [0.2, 0.25) is 5.02 Å². The van der Waals surface area contributed by atoms with Gasteiger partial charge in [-0.05, 0) is 56.2 Å². The number of nitrogens with one attached hydrogen (secondary N) is 1. The minimum Gasteiger partial charge on any atom is -0.466 e. The van der Waals surface area contributed by atoms with Gasteiger partial charge in [0.1, 0.15) is 0 Å². The Balaban J connectivity index is 1.92. The predicted octanol–water partition coefficient (Wildman–Crippen LogP) is 3.31. The minimum absolute atomic E-state index is 0.0938. The summed E-state index contributed by atoms with van der Waals surface area (Å²) in [5, 5.41) is 4.49. The molecular weight excluding hydrogens is 308 g/mol. The fourth-order valence-electron chi connectivity index (χ4n) is 2.35.